The van der Waals surface area contributed by atoms with Crippen LogP contribution in [0.2, 0.25) is 5.02 Å². The number of methoxy groups -OCH3 is 1. The van der Waals surface area contributed by atoms with E-state index >= 15 is 0 Å². The third kappa shape index (κ3) is 5.75. The number of ether oxygens (including phenoxy) is 1. The van der Waals surface area contributed by atoms with Crippen molar-refractivity contribution in [1.82, 2.24) is 14.5 Å². The van der Waals surface area contributed by atoms with E-state index in [0.717, 1.165) is 22.6 Å². The van der Waals surface area contributed by atoms with Crippen molar-refractivity contribution in [3.63, 3.8) is 0 Å². The summed E-state index contributed by atoms with van der Waals surface area (Å²) in [6, 6.07) is 22.0. The lowest BCUT2D eigenvalue weighted by molar-refractivity contribution is -0.116. The van der Waals surface area contributed by atoms with E-state index in [4.69, 9.17) is 16.3 Å². The molecule has 36 heavy (non-hydrogen) atoms. The number of rotatable bonds is 8. The van der Waals surface area contributed by atoms with Gasteiger partial charge in [0.1, 0.15) is 12.3 Å². The molecule has 1 N–H and O–H groups in total. The van der Waals surface area contributed by atoms with Crippen LogP contribution < -0.4 is 10.1 Å². The zero-order valence-electron chi connectivity index (χ0n) is 20.4. The zero-order chi connectivity index (χ0) is 25.7. The number of anilines is 1. The molecule has 0 unspecified atom stereocenters. The summed E-state index contributed by atoms with van der Waals surface area (Å²) >= 11 is 6.04. The maximum Gasteiger partial charge on any atom is 0.254 e. The maximum absolute atomic E-state index is 13.1. The number of hydrogen-bond donors (Lipinski definition) is 1. The molecule has 7 nitrogen and oxygen atoms in total. The van der Waals surface area contributed by atoms with Crippen LogP contribution in [0.5, 0.6) is 5.75 Å². The molecule has 3 aromatic carbocycles. The van der Waals surface area contributed by atoms with Gasteiger partial charge in [-0.25, -0.2) is 4.98 Å². The molecule has 0 aliphatic rings. The maximum atomic E-state index is 13.1. The van der Waals surface area contributed by atoms with Crippen LogP contribution in [0, 0.1) is 6.92 Å². The SMILES string of the molecule is CCN(CC(=O)Nc1nc(-c2ccc(Cl)cc2)cn1-c1ccc(OC)cc1)C(=O)c1ccc(C)cc1. The molecular formula is C28H27ClN4O3. The number of hydrogen-bond acceptors (Lipinski definition) is 4. The monoisotopic (exact) mass is 502 g/mol. The van der Waals surface area contributed by atoms with Gasteiger partial charge in [-0.1, -0.05) is 41.4 Å². The van der Waals surface area contributed by atoms with Crippen molar-refractivity contribution in [2.45, 2.75) is 13.8 Å². The van der Waals surface area contributed by atoms with Gasteiger partial charge in [0.25, 0.3) is 5.91 Å². The molecule has 4 aromatic rings. The fourth-order valence-electron chi connectivity index (χ4n) is 3.71. The number of benzene rings is 3. The Kier molecular flexibility index (Phi) is 7.71. The molecule has 184 valence electrons. The summed E-state index contributed by atoms with van der Waals surface area (Å²) < 4.78 is 7.05. The second-order valence-electron chi connectivity index (χ2n) is 8.26. The first-order valence-corrected chi connectivity index (χ1v) is 11.9. The average molecular weight is 503 g/mol. The summed E-state index contributed by atoms with van der Waals surface area (Å²) in [4.78, 5) is 32.2. The third-order valence-corrected chi connectivity index (χ3v) is 6.00. The molecule has 1 heterocycles. The Labute approximate surface area is 215 Å². The molecule has 0 bridgehead atoms. The Morgan fingerprint density at radius 3 is 2.28 bits per heavy atom. The molecule has 0 saturated carbocycles. The van der Waals surface area contributed by atoms with Gasteiger partial charge in [-0.05, 0) is 62.4 Å². The van der Waals surface area contributed by atoms with Gasteiger partial charge in [-0.15, -0.1) is 0 Å². The van der Waals surface area contributed by atoms with E-state index in [0.29, 0.717) is 28.8 Å². The number of carbonyl (C=O) groups is 2. The number of aryl methyl sites for hydroxylation is 1. The van der Waals surface area contributed by atoms with Crippen molar-refractivity contribution in [1.29, 1.82) is 0 Å². The number of halogens is 1. The summed E-state index contributed by atoms with van der Waals surface area (Å²) in [5.74, 6) is 0.512. The summed E-state index contributed by atoms with van der Waals surface area (Å²) in [6.45, 7) is 4.09. The van der Waals surface area contributed by atoms with Gasteiger partial charge in [-0.2, -0.15) is 0 Å². The van der Waals surface area contributed by atoms with E-state index in [9.17, 15) is 9.59 Å². The molecule has 8 heteroatoms. The largest absolute Gasteiger partial charge is 0.497 e. The molecule has 2 amide bonds. The van der Waals surface area contributed by atoms with Gasteiger partial charge in [-0.3, -0.25) is 19.5 Å². The van der Waals surface area contributed by atoms with Crippen LogP contribution in [0.3, 0.4) is 0 Å². The van der Waals surface area contributed by atoms with Crippen molar-refractivity contribution in [3.8, 4) is 22.7 Å². The fourth-order valence-corrected chi connectivity index (χ4v) is 3.84. The molecular weight excluding hydrogens is 476 g/mol. The Hall–Kier alpha value is -4.10. The fraction of sp³-hybridized carbons (Fsp3) is 0.179. The van der Waals surface area contributed by atoms with Gasteiger partial charge in [0, 0.05) is 34.6 Å². The quantitative estimate of drug-likeness (QED) is 0.340. The van der Waals surface area contributed by atoms with E-state index in [-0.39, 0.29) is 18.4 Å². The normalized spacial score (nSPS) is 10.7. The number of amides is 2. The molecule has 4 rings (SSSR count). The number of aromatic nitrogens is 2. The van der Waals surface area contributed by atoms with Crippen molar-refractivity contribution in [3.05, 3.63) is 95.1 Å². The molecule has 0 atom stereocenters. The highest BCUT2D eigenvalue weighted by atomic mass is 35.5. The molecule has 1 aromatic heterocycles. The average Bonchev–Trinajstić information content (AvgIpc) is 3.31. The Morgan fingerprint density at radius 2 is 1.67 bits per heavy atom. The molecule has 0 saturated heterocycles. The van der Waals surface area contributed by atoms with Crippen LogP contribution in [0.15, 0.2) is 79.0 Å². The Balaban J connectivity index is 1.59. The number of carbonyl (C=O) groups excluding carboxylic acids is 2. The number of nitrogens with one attached hydrogen (secondary N) is 1. The highest BCUT2D eigenvalue weighted by Crippen LogP contribution is 2.26. The predicted molar refractivity (Wildman–Crippen MR) is 142 cm³/mol. The molecule has 0 radical (unpaired) electrons. The van der Waals surface area contributed by atoms with Gasteiger partial charge in [0.15, 0.2) is 0 Å². The first-order valence-electron chi connectivity index (χ1n) is 11.5. The Morgan fingerprint density at radius 1 is 1.00 bits per heavy atom. The summed E-state index contributed by atoms with van der Waals surface area (Å²) in [6.07, 6.45) is 1.84. The summed E-state index contributed by atoms with van der Waals surface area (Å²) in [5.41, 5.74) is 3.92. The summed E-state index contributed by atoms with van der Waals surface area (Å²) in [5, 5.41) is 3.51. The minimum absolute atomic E-state index is 0.102. The molecule has 0 spiro atoms. The lowest BCUT2D eigenvalue weighted by Gasteiger charge is -2.20. The van der Waals surface area contributed by atoms with Crippen LogP contribution in [0.1, 0.15) is 22.8 Å². The first kappa shape index (κ1) is 25.0. The van der Waals surface area contributed by atoms with Gasteiger partial charge >= 0.3 is 0 Å². The number of likely N-dealkylation sites (N-methyl/N-ethyl adjacent to an activating group) is 1. The van der Waals surface area contributed by atoms with E-state index in [1.165, 1.54) is 4.90 Å². The summed E-state index contributed by atoms with van der Waals surface area (Å²) in [7, 11) is 1.61. The van der Waals surface area contributed by atoms with Crippen LogP contribution in [-0.4, -0.2) is 46.5 Å². The lowest BCUT2D eigenvalue weighted by atomic mass is 10.1. The highest BCUT2D eigenvalue weighted by Gasteiger charge is 2.20. The Bertz CT molecular complexity index is 1350. The van der Waals surface area contributed by atoms with Gasteiger partial charge < -0.3 is 9.64 Å². The van der Waals surface area contributed by atoms with Crippen molar-refractivity contribution < 1.29 is 14.3 Å². The van der Waals surface area contributed by atoms with Crippen LogP contribution in [-0.2, 0) is 4.79 Å². The second kappa shape index (κ2) is 11.1. The third-order valence-electron chi connectivity index (χ3n) is 5.75. The minimum atomic E-state index is -0.347. The molecule has 0 fully saturated rings. The topological polar surface area (TPSA) is 76.5 Å². The number of imidazole rings is 1. The van der Waals surface area contributed by atoms with Gasteiger partial charge in [0.05, 0.1) is 12.8 Å². The van der Waals surface area contributed by atoms with Crippen LogP contribution in [0.25, 0.3) is 16.9 Å². The van der Waals surface area contributed by atoms with Crippen LogP contribution >= 0.6 is 11.6 Å². The van der Waals surface area contributed by atoms with Crippen molar-refractivity contribution >= 4 is 29.4 Å². The standard InChI is InChI=1S/C28H27ClN4O3/c1-4-32(27(35)21-7-5-19(2)6-8-21)18-26(34)31-28-30-25(20-9-11-22(29)12-10-20)17-33(28)23-13-15-24(36-3)16-14-23/h5-17H,4,18H2,1-3H3,(H,30,31,34). The second-order valence-corrected chi connectivity index (χ2v) is 8.69. The van der Waals surface area contributed by atoms with Gasteiger partial charge in [0.2, 0.25) is 11.9 Å². The number of nitrogens with zero attached hydrogens (tertiary/aromatic N) is 3. The van der Waals surface area contributed by atoms with E-state index in [2.05, 4.69) is 10.3 Å². The lowest BCUT2D eigenvalue weighted by Crippen LogP contribution is -2.38. The zero-order valence-corrected chi connectivity index (χ0v) is 21.1. The first-order chi connectivity index (χ1) is 17.4. The van der Waals surface area contributed by atoms with Crippen LogP contribution in [0.4, 0.5) is 5.95 Å². The predicted octanol–water partition coefficient (Wildman–Crippen LogP) is 5.61. The minimum Gasteiger partial charge on any atom is -0.497 e. The molecule has 0 aliphatic heterocycles. The smallest absolute Gasteiger partial charge is 0.254 e. The van der Waals surface area contributed by atoms with Crippen molar-refractivity contribution in [2.75, 3.05) is 25.5 Å². The molecule has 0 aliphatic carbocycles. The highest BCUT2D eigenvalue weighted by molar-refractivity contribution is 6.30. The van der Waals surface area contributed by atoms with E-state index in [1.54, 1.807) is 35.9 Å². The van der Waals surface area contributed by atoms with E-state index in [1.807, 2.05) is 68.6 Å². The van der Waals surface area contributed by atoms with Crippen molar-refractivity contribution in [2.24, 2.45) is 0 Å². The van der Waals surface area contributed by atoms with E-state index < -0.39 is 0 Å².